The molecule has 0 saturated carbocycles. The largest absolute Gasteiger partial charge is 0.491 e. The second-order valence-electron chi connectivity index (χ2n) is 3.86. The number of likely N-dealkylation sites (N-methyl/N-ethyl adjacent to an activating group) is 1. The van der Waals surface area contributed by atoms with Crippen molar-refractivity contribution in [3.8, 4) is 5.75 Å². The van der Waals surface area contributed by atoms with Crippen LogP contribution in [0.2, 0.25) is 0 Å². The van der Waals surface area contributed by atoms with Crippen LogP contribution in [0.1, 0.15) is 13.3 Å². The highest BCUT2D eigenvalue weighted by Crippen LogP contribution is 2.19. The summed E-state index contributed by atoms with van der Waals surface area (Å²) < 4.78 is 5.48. The van der Waals surface area contributed by atoms with Gasteiger partial charge in [0.05, 0.1) is 18.7 Å². The predicted molar refractivity (Wildman–Crippen MR) is 73.4 cm³/mol. The lowest BCUT2D eigenvalue weighted by Gasteiger charge is -2.19. The predicted octanol–water partition coefficient (Wildman–Crippen LogP) is 2.07. The Morgan fingerprint density at radius 3 is 2.83 bits per heavy atom. The van der Waals surface area contributed by atoms with E-state index in [4.69, 9.17) is 10.5 Å². The van der Waals surface area contributed by atoms with Gasteiger partial charge in [0.1, 0.15) is 5.75 Å². The molecule has 0 aliphatic carbocycles. The second-order valence-corrected chi connectivity index (χ2v) is 3.86. The highest BCUT2D eigenvalue weighted by Gasteiger charge is 2.10. The molecule has 0 aromatic heterocycles. The van der Waals surface area contributed by atoms with Crippen molar-refractivity contribution in [1.82, 2.24) is 4.90 Å². The van der Waals surface area contributed by atoms with Crippen LogP contribution in [0.15, 0.2) is 36.9 Å². The summed E-state index contributed by atoms with van der Waals surface area (Å²) >= 11 is 0. The number of amides is 1. The minimum absolute atomic E-state index is 0.0619. The Bertz CT molecular complexity index is 405. The zero-order chi connectivity index (χ0) is 13.4. The fourth-order valence-corrected chi connectivity index (χ4v) is 1.58. The van der Waals surface area contributed by atoms with Gasteiger partial charge in [0, 0.05) is 13.1 Å². The molecule has 4 heteroatoms. The molecule has 0 radical (unpaired) electrons. The summed E-state index contributed by atoms with van der Waals surface area (Å²) in [6.45, 7) is 7.16. The van der Waals surface area contributed by atoms with Gasteiger partial charge in [0.15, 0.2) is 0 Å². The maximum Gasteiger partial charge on any atom is 0.226 e. The second kappa shape index (κ2) is 7.37. The molecule has 0 aliphatic heterocycles. The maximum absolute atomic E-state index is 11.8. The third kappa shape index (κ3) is 4.13. The minimum atomic E-state index is 0.0619. The van der Waals surface area contributed by atoms with Gasteiger partial charge in [0.2, 0.25) is 5.91 Å². The van der Waals surface area contributed by atoms with Gasteiger partial charge in [-0.3, -0.25) is 4.79 Å². The van der Waals surface area contributed by atoms with Crippen LogP contribution in [-0.2, 0) is 4.79 Å². The van der Waals surface area contributed by atoms with Gasteiger partial charge in [-0.15, -0.1) is 6.58 Å². The number of nitrogens with zero attached hydrogens (tertiary/aromatic N) is 1. The number of para-hydroxylation sites is 2. The van der Waals surface area contributed by atoms with E-state index < -0.39 is 0 Å². The topological polar surface area (TPSA) is 55.6 Å². The van der Waals surface area contributed by atoms with E-state index in [2.05, 4.69) is 6.58 Å². The van der Waals surface area contributed by atoms with E-state index in [1.165, 1.54) is 0 Å². The van der Waals surface area contributed by atoms with Crippen LogP contribution in [0.5, 0.6) is 5.75 Å². The van der Waals surface area contributed by atoms with Crippen molar-refractivity contribution in [1.29, 1.82) is 0 Å². The molecule has 4 nitrogen and oxygen atoms in total. The normalized spacial score (nSPS) is 9.83. The molecule has 0 atom stereocenters. The first-order chi connectivity index (χ1) is 8.69. The summed E-state index contributed by atoms with van der Waals surface area (Å²) in [5, 5.41) is 0. The number of hydrogen-bond donors (Lipinski definition) is 1. The van der Waals surface area contributed by atoms with Crippen molar-refractivity contribution >= 4 is 11.6 Å². The van der Waals surface area contributed by atoms with Crippen molar-refractivity contribution in [3.63, 3.8) is 0 Å². The quantitative estimate of drug-likeness (QED) is 0.593. The molecule has 0 saturated heterocycles. The molecule has 1 amide bonds. The number of ether oxygens (including phenoxy) is 1. The highest BCUT2D eigenvalue weighted by molar-refractivity contribution is 5.76. The standard InChI is InChI=1S/C14H20N2O2/c1-3-10-16(4-2)14(17)9-11-18-13-8-6-5-7-12(13)15/h3,5-8H,1,4,9-11,15H2,2H3. The van der Waals surface area contributed by atoms with Gasteiger partial charge in [-0.05, 0) is 19.1 Å². The molecular formula is C14H20N2O2. The van der Waals surface area contributed by atoms with E-state index in [1.807, 2.05) is 19.1 Å². The third-order valence-corrected chi connectivity index (χ3v) is 2.58. The maximum atomic E-state index is 11.8. The summed E-state index contributed by atoms with van der Waals surface area (Å²) in [7, 11) is 0. The number of benzene rings is 1. The van der Waals surface area contributed by atoms with Gasteiger partial charge in [-0.25, -0.2) is 0 Å². The molecule has 0 bridgehead atoms. The molecule has 1 aromatic carbocycles. The number of nitrogen functional groups attached to an aromatic ring is 1. The van der Waals surface area contributed by atoms with Crippen molar-refractivity contribution in [2.45, 2.75) is 13.3 Å². The number of nitrogens with two attached hydrogens (primary N) is 1. The monoisotopic (exact) mass is 248 g/mol. The summed E-state index contributed by atoms with van der Waals surface area (Å²) in [6.07, 6.45) is 2.06. The van der Waals surface area contributed by atoms with Crippen LogP contribution in [0.25, 0.3) is 0 Å². The van der Waals surface area contributed by atoms with Crippen molar-refractivity contribution in [2.24, 2.45) is 0 Å². The number of anilines is 1. The van der Waals surface area contributed by atoms with Gasteiger partial charge >= 0.3 is 0 Å². The molecule has 1 aromatic rings. The number of carbonyl (C=O) groups is 1. The van der Waals surface area contributed by atoms with E-state index in [0.717, 1.165) is 0 Å². The zero-order valence-electron chi connectivity index (χ0n) is 10.8. The number of hydrogen-bond acceptors (Lipinski definition) is 3. The smallest absolute Gasteiger partial charge is 0.226 e. The van der Waals surface area contributed by atoms with Crippen LogP contribution in [-0.4, -0.2) is 30.5 Å². The van der Waals surface area contributed by atoms with Crippen molar-refractivity contribution < 1.29 is 9.53 Å². The summed E-state index contributed by atoms with van der Waals surface area (Å²) in [5.74, 6) is 0.684. The summed E-state index contributed by atoms with van der Waals surface area (Å²) in [5.41, 5.74) is 6.32. The average Bonchev–Trinajstić information content (AvgIpc) is 2.38. The van der Waals surface area contributed by atoms with Crippen molar-refractivity contribution in [3.05, 3.63) is 36.9 Å². The summed E-state index contributed by atoms with van der Waals surface area (Å²) in [6, 6.07) is 7.26. The Morgan fingerprint density at radius 1 is 1.50 bits per heavy atom. The Labute approximate surface area is 108 Å². The fraction of sp³-hybridized carbons (Fsp3) is 0.357. The number of rotatable bonds is 7. The van der Waals surface area contributed by atoms with E-state index in [9.17, 15) is 4.79 Å². The minimum Gasteiger partial charge on any atom is -0.491 e. The Balaban J connectivity index is 2.39. The van der Waals surface area contributed by atoms with E-state index in [0.29, 0.717) is 37.6 Å². The molecule has 0 heterocycles. The van der Waals surface area contributed by atoms with Crippen LogP contribution >= 0.6 is 0 Å². The van der Waals surface area contributed by atoms with Crippen LogP contribution in [0, 0.1) is 0 Å². The first-order valence-corrected chi connectivity index (χ1v) is 6.05. The SMILES string of the molecule is C=CCN(CC)C(=O)CCOc1ccccc1N. The Kier molecular flexibility index (Phi) is 5.77. The third-order valence-electron chi connectivity index (χ3n) is 2.58. The van der Waals surface area contributed by atoms with E-state index in [-0.39, 0.29) is 5.91 Å². The molecule has 0 spiro atoms. The molecule has 0 aliphatic rings. The molecule has 0 fully saturated rings. The van der Waals surface area contributed by atoms with Gasteiger partial charge in [-0.2, -0.15) is 0 Å². The first kappa shape index (κ1) is 14.1. The molecule has 98 valence electrons. The zero-order valence-corrected chi connectivity index (χ0v) is 10.8. The van der Waals surface area contributed by atoms with Crippen LogP contribution < -0.4 is 10.5 Å². The van der Waals surface area contributed by atoms with Crippen molar-refractivity contribution in [2.75, 3.05) is 25.4 Å². The lowest BCUT2D eigenvalue weighted by Crippen LogP contribution is -2.31. The van der Waals surface area contributed by atoms with Gasteiger partial charge < -0.3 is 15.4 Å². The molecule has 1 rings (SSSR count). The average molecular weight is 248 g/mol. The Morgan fingerprint density at radius 2 is 2.22 bits per heavy atom. The molecule has 0 unspecified atom stereocenters. The van der Waals surface area contributed by atoms with Gasteiger partial charge in [0.25, 0.3) is 0 Å². The fourth-order valence-electron chi connectivity index (χ4n) is 1.58. The summed E-state index contributed by atoms with van der Waals surface area (Å²) in [4.78, 5) is 13.5. The van der Waals surface area contributed by atoms with Crippen LogP contribution in [0.3, 0.4) is 0 Å². The van der Waals surface area contributed by atoms with E-state index >= 15 is 0 Å². The first-order valence-electron chi connectivity index (χ1n) is 6.05. The highest BCUT2D eigenvalue weighted by atomic mass is 16.5. The molecule has 2 N–H and O–H groups in total. The lowest BCUT2D eigenvalue weighted by atomic mass is 10.3. The lowest BCUT2D eigenvalue weighted by molar-refractivity contribution is -0.131. The number of carbonyl (C=O) groups excluding carboxylic acids is 1. The van der Waals surface area contributed by atoms with Crippen LogP contribution in [0.4, 0.5) is 5.69 Å². The molecule has 18 heavy (non-hydrogen) atoms. The van der Waals surface area contributed by atoms with Gasteiger partial charge in [-0.1, -0.05) is 18.2 Å². The van der Waals surface area contributed by atoms with E-state index in [1.54, 1.807) is 23.1 Å². The Hall–Kier alpha value is -1.97. The molecular weight excluding hydrogens is 228 g/mol.